The summed E-state index contributed by atoms with van der Waals surface area (Å²) in [7, 11) is -3.75. The van der Waals surface area contributed by atoms with Crippen LogP contribution >= 0.6 is 0 Å². The molecule has 142 valence electrons. The Morgan fingerprint density at radius 2 is 1.61 bits per heavy atom. The molecule has 4 rings (SSSR count). The zero-order chi connectivity index (χ0) is 19.7. The molecule has 0 amide bonds. The molecule has 8 heteroatoms. The van der Waals surface area contributed by atoms with Crippen molar-refractivity contribution in [2.75, 3.05) is 4.72 Å². The standard InChI is InChI=1S/C20H19N5O2S/c1-14(2)15-8-10-17(11-9-15)28(26,27)24-18-12-13-19-21-22-20(25(19)23-18)16-6-4-3-5-7-16/h3-14H,1-2H3,(H,23,24). The van der Waals surface area contributed by atoms with Crippen LogP contribution in [0.5, 0.6) is 0 Å². The first-order valence-corrected chi connectivity index (χ1v) is 10.3. The Labute approximate surface area is 163 Å². The molecule has 0 aliphatic carbocycles. The molecular weight excluding hydrogens is 374 g/mol. The SMILES string of the molecule is CC(C)c1ccc(S(=O)(=O)Nc2ccc3nnc(-c4ccccc4)n3n2)cc1. The summed E-state index contributed by atoms with van der Waals surface area (Å²) >= 11 is 0. The number of fused-ring (bicyclic) bond motifs is 1. The molecule has 28 heavy (non-hydrogen) atoms. The number of nitrogens with one attached hydrogen (secondary N) is 1. The van der Waals surface area contributed by atoms with Gasteiger partial charge in [-0.1, -0.05) is 56.3 Å². The van der Waals surface area contributed by atoms with Crippen molar-refractivity contribution in [3.63, 3.8) is 0 Å². The van der Waals surface area contributed by atoms with Crippen molar-refractivity contribution in [2.45, 2.75) is 24.7 Å². The van der Waals surface area contributed by atoms with Crippen LogP contribution in [0.15, 0.2) is 71.6 Å². The van der Waals surface area contributed by atoms with Crippen LogP contribution in [0.2, 0.25) is 0 Å². The van der Waals surface area contributed by atoms with Gasteiger partial charge in [0, 0.05) is 5.56 Å². The van der Waals surface area contributed by atoms with Crippen molar-refractivity contribution in [1.82, 2.24) is 19.8 Å². The highest BCUT2D eigenvalue weighted by atomic mass is 32.2. The maximum atomic E-state index is 12.7. The Kier molecular flexibility index (Phi) is 4.56. The summed E-state index contributed by atoms with van der Waals surface area (Å²) in [6.45, 7) is 4.12. The molecule has 1 N–H and O–H groups in total. The number of hydrogen-bond acceptors (Lipinski definition) is 5. The lowest BCUT2D eigenvalue weighted by Crippen LogP contribution is -2.15. The van der Waals surface area contributed by atoms with E-state index >= 15 is 0 Å². The van der Waals surface area contributed by atoms with Crippen LogP contribution in [0.1, 0.15) is 25.3 Å². The molecule has 0 fully saturated rings. The normalized spacial score (nSPS) is 11.8. The molecule has 0 saturated carbocycles. The highest BCUT2D eigenvalue weighted by molar-refractivity contribution is 7.92. The van der Waals surface area contributed by atoms with E-state index in [1.54, 1.807) is 24.3 Å². The molecule has 4 aromatic rings. The van der Waals surface area contributed by atoms with Gasteiger partial charge in [0.2, 0.25) is 0 Å². The molecule has 0 bridgehead atoms. The monoisotopic (exact) mass is 393 g/mol. The van der Waals surface area contributed by atoms with E-state index < -0.39 is 10.0 Å². The highest BCUT2D eigenvalue weighted by Gasteiger charge is 2.17. The Morgan fingerprint density at radius 1 is 0.893 bits per heavy atom. The Morgan fingerprint density at radius 3 is 2.29 bits per heavy atom. The van der Waals surface area contributed by atoms with Gasteiger partial charge in [-0.2, -0.15) is 4.52 Å². The minimum atomic E-state index is -3.75. The number of nitrogens with zero attached hydrogens (tertiary/aromatic N) is 4. The molecule has 0 spiro atoms. The van der Waals surface area contributed by atoms with E-state index in [0.717, 1.165) is 11.1 Å². The molecule has 7 nitrogen and oxygen atoms in total. The lowest BCUT2D eigenvalue weighted by atomic mass is 10.0. The van der Waals surface area contributed by atoms with E-state index in [1.165, 1.54) is 4.52 Å². The van der Waals surface area contributed by atoms with Gasteiger partial charge >= 0.3 is 0 Å². The zero-order valence-corrected chi connectivity index (χ0v) is 16.3. The van der Waals surface area contributed by atoms with Gasteiger partial charge in [-0.05, 0) is 35.7 Å². The third kappa shape index (κ3) is 3.46. The molecule has 2 aromatic heterocycles. The predicted molar refractivity (Wildman–Crippen MR) is 108 cm³/mol. The lowest BCUT2D eigenvalue weighted by molar-refractivity contribution is 0.600. The molecule has 0 saturated heterocycles. The predicted octanol–water partition coefficient (Wildman–Crippen LogP) is 3.72. The number of benzene rings is 2. The van der Waals surface area contributed by atoms with Gasteiger partial charge in [-0.15, -0.1) is 15.3 Å². The molecule has 0 aliphatic rings. The number of anilines is 1. The molecular formula is C20H19N5O2S. The number of hydrogen-bond donors (Lipinski definition) is 1. The summed E-state index contributed by atoms with van der Waals surface area (Å²) in [6.07, 6.45) is 0. The van der Waals surface area contributed by atoms with Crippen molar-refractivity contribution in [3.8, 4) is 11.4 Å². The van der Waals surface area contributed by atoms with Crippen molar-refractivity contribution in [2.24, 2.45) is 0 Å². The molecule has 0 radical (unpaired) electrons. The van der Waals surface area contributed by atoms with Gasteiger partial charge in [0.25, 0.3) is 10.0 Å². The van der Waals surface area contributed by atoms with Crippen LogP contribution in [-0.4, -0.2) is 28.2 Å². The van der Waals surface area contributed by atoms with Crippen LogP contribution in [0.4, 0.5) is 5.82 Å². The summed E-state index contributed by atoms with van der Waals surface area (Å²) in [5, 5.41) is 12.6. The summed E-state index contributed by atoms with van der Waals surface area (Å²) < 4.78 is 29.5. The van der Waals surface area contributed by atoms with E-state index in [0.29, 0.717) is 17.4 Å². The quantitative estimate of drug-likeness (QED) is 0.558. The average molecular weight is 393 g/mol. The molecule has 0 aliphatic heterocycles. The van der Waals surface area contributed by atoms with Crippen molar-refractivity contribution >= 4 is 21.5 Å². The third-order valence-electron chi connectivity index (χ3n) is 4.39. The smallest absolute Gasteiger partial charge is 0.262 e. The van der Waals surface area contributed by atoms with E-state index in [2.05, 4.69) is 33.9 Å². The lowest BCUT2D eigenvalue weighted by Gasteiger charge is -2.10. The first-order valence-electron chi connectivity index (χ1n) is 8.85. The summed E-state index contributed by atoms with van der Waals surface area (Å²) in [5.41, 5.74) is 2.45. The fourth-order valence-corrected chi connectivity index (χ4v) is 3.84. The first-order chi connectivity index (χ1) is 13.4. The van der Waals surface area contributed by atoms with Crippen LogP contribution in [-0.2, 0) is 10.0 Å². The minimum Gasteiger partial charge on any atom is -0.262 e. The maximum Gasteiger partial charge on any atom is 0.263 e. The highest BCUT2D eigenvalue weighted by Crippen LogP contribution is 2.21. The van der Waals surface area contributed by atoms with Gasteiger partial charge in [-0.25, -0.2) is 8.42 Å². The van der Waals surface area contributed by atoms with Crippen LogP contribution in [0.3, 0.4) is 0 Å². The van der Waals surface area contributed by atoms with Gasteiger partial charge in [0.1, 0.15) is 0 Å². The Bertz CT molecular complexity index is 1220. The molecule has 0 unspecified atom stereocenters. The third-order valence-corrected chi connectivity index (χ3v) is 5.76. The fourth-order valence-electron chi connectivity index (χ4n) is 2.84. The van der Waals surface area contributed by atoms with Crippen molar-refractivity contribution in [3.05, 3.63) is 72.3 Å². The number of rotatable bonds is 5. The van der Waals surface area contributed by atoms with Gasteiger partial charge in [0.05, 0.1) is 4.90 Å². The number of sulfonamides is 1. The van der Waals surface area contributed by atoms with Gasteiger partial charge < -0.3 is 0 Å². The summed E-state index contributed by atoms with van der Waals surface area (Å²) in [6, 6.07) is 19.6. The van der Waals surface area contributed by atoms with Gasteiger partial charge in [-0.3, -0.25) is 4.72 Å². The van der Waals surface area contributed by atoms with E-state index in [-0.39, 0.29) is 10.7 Å². The van der Waals surface area contributed by atoms with Crippen LogP contribution in [0, 0.1) is 0 Å². The Balaban J connectivity index is 1.67. The minimum absolute atomic E-state index is 0.186. The summed E-state index contributed by atoms with van der Waals surface area (Å²) in [5.74, 6) is 1.06. The second kappa shape index (κ2) is 7.05. The second-order valence-corrected chi connectivity index (χ2v) is 8.39. The largest absolute Gasteiger partial charge is 0.263 e. The van der Waals surface area contributed by atoms with Gasteiger partial charge in [0.15, 0.2) is 17.3 Å². The first kappa shape index (κ1) is 18.1. The van der Waals surface area contributed by atoms with E-state index in [1.807, 2.05) is 42.5 Å². The van der Waals surface area contributed by atoms with Crippen molar-refractivity contribution < 1.29 is 8.42 Å². The molecule has 0 atom stereocenters. The molecule has 2 aromatic carbocycles. The topological polar surface area (TPSA) is 89.2 Å². The van der Waals surface area contributed by atoms with E-state index in [9.17, 15) is 8.42 Å². The Hall–Kier alpha value is -3.26. The maximum absolute atomic E-state index is 12.7. The van der Waals surface area contributed by atoms with Crippen LogP contribution < -0.4 is 4.72 Å². The fraction of sp³-hybridized carbons (Fsp3) is 0.150. The zero-order valence-electron chi connectivity index (χ0n) is 15.4. The van der Waals surface area contributed by atoms with E-state index in [4.69, 9.17) is 0 Å². The molecule has 2 heterocycles. The summed E-state index contributed by atoms with van der Waals surface area (Å²) in [4.78, 5) is 0.186. The van der Waals surface area contributed by atoms with Crippen molar-refractivity contribution in [1.29, 1.82) is 0 Å². The average Bonchev–Trinajstić information content (AvgIpc) is 3.11. The second-order valence-electron chi connectivity index (χ2n) is 6.71. The number of aromatic nitrogens is 4. The van der Waals surface area contributed by atoms with Crippen LogP contribution in [0.25, 0.3) is 17.0 Å².